The summed E-state index contributed by atoms with van der Waals surface area (Å²) in [4.78, 5) is 15.2. The number of hydrogen-bond donors (Lipinski definition) is 1. The van der Waals surface area contributed by atoms with Gasteiger partial charge in [-0.3, -0.25) is 4.79 Å². The van der Waals surface area contributed by atoms with Crippen molar-refractivity contribution < 1.29 is 9.53 Å². The Kier molecular flexibility index (Phi) is 7.73. The number of benzene rings is 3. The topological polar surface area (TPSA) is 65.4 Å². The maximum Gasteiger partial charge on any atom is 0.251 e. The van der Waals surface area contributed by atoms with Crippen LogP contribution in [0.1, 0.15) is 33.5 Å². The van der Waals surface area contributed by atoms with Crippen molar-refractivity contribution in [3.8, 4) is 11.8 Å². The van der Waals surface area contributed by atoms with Gasteiger partial charge in [-0.2, -0.15) is 5.26 Å². The maximum atomic E-state index is 12.7. The van der Waals surface area contributed by atoms with Crippen molar-refractivity contribution in [2.45, 2.75) is 19.4 Å². The Bertz CT molecular complexity index is 1110. The van der Waals surface area contributed by atoms with E-state index in [0.29, 0.717) is 29.3 Å². The largest absolute Gasteiger partial charge is 0.489 e. The predicted molar refractivity (Wildman–Crippen MR) is 129 cm³/mol. The normalized spacial score (nSPS) is 15.7. The van der Waals surface area contributed by atoms with Crippen molar-refractivity contribution in [2.24, 2.45) is 5.92 Å². The van der Waals surface area contributed by atoms with E-state index in [9.17, 15) is 10.1 Å². The van der Waals surface area contributed by atoms with E-state index in [0.717, 1.165) is 38.0 Å². The van der Waals surface area contributed by atoms with Crippen LogP contribution in [0.3, 0.4) is 0 Å². The molecule has 0 bridgehead atoms. The second kappa shape index (κ2) is 11.3. The number of nitriles is 1. The second-order valence-electron chi connectivity index (χ2n) is 8.49. The molecular weight excluding hydrogens is 410 g/mol. The van der Waals surface area contributed by atoms with Gasteiger partial charge in [0.1, 0.15) is 12.4 Å². The third kappa shape index (κ3) is 6.44. The third-order valence-electron chi connectivity index (χ3n) is 6.11. The van der Waals surface area contributed by atoms with Crippen LogP contribution in [0.2, 0.25) is 0 Å². The molecule has 1 aliphatic heterocycles. The molecule has 1 amide bonds. The van der Waals surface area contributed by atoms with Gasteiger partial charge in [-0.1, -0.05) is 54.6 Å². The molecule has 1 N–H and O–H groups in total. The Morgan fingerprint density at radius 2 is 1.88 bits per heavy atom. The van der Waals surface area contributed by atoms with Crippen molar-refractivity contribution in [1.29, 1.82) is 5.26 Å². The highest BCUT2D eigenvalue weighted by atomic mass is 16.5. The maximum absolute atomic E-state index is 12.7. The third-order valence-corrected chi connectivity index (χ3v) is 6.11. The second-order valence-corrected chi connectivity index (χ2v) is 8.49. The minimum absolute atomic E-state index is 0.0828. The van der Waals surface area contributed by atoms with E-state index in [2.05, 4.69) is 40.6 Å². The summed E-state index contributed by atoms with van der Waals surface area (Å²) in [6.07, 6.45) is 2.17. The van der Waals surface area contributed by atoms with E-state index >= 15 is 0 Å². The number of hydrogen-bond acceptors (Lipinski definition) is 4. The summed E-state index contributed by atoms with van der Waals surface area (Å²) >= 11 is 0. The van der Waals surface area contributed by atoms with Crippen molar-refractivity contribution in [1.82, 2.24) is 10.2 Å². The number of ether oxygens (including phenoxy) is 1. The van der Waals surface area contributed by atoms with E-state index in [4.69, 9.17) is 4.74 Å². The lowest BCUT2D eigenvalue weighted by Crippen LogP contribution is -2.31. The van der Waals surface area contributed by atoms with Crippen molar-refractivity contribution in [3.05, 3.63) is 101 Å². The average molecular weight is 440 g/mol. The van der Waals surface area contributed by atoms with Crippen LogP contribution in [0, 0.1) is 17.2 Å². The zero-order chi connectivity index (χ0) is 22.9. The Morgan fingerprint density at radius 3 is 2.73 bits per heavy atom. The van der Waals surface area contributed by atoms with Crippen molar-refractivity contribution in [3.63, 3.8) is 0 Å². The van der Waals surface area contributed by atoms with E-state index in [-0.39, 0.29) is 12.5 Å². The Hall–Kier alpha value is -3.62. The van der Waals surface area contributed by atoms with Gasteiger partial charge in [-0.05, 0) is 55.1 Å². The van der Waals surface area contributed by atoms with Crippen LogP contribution in [0.5, 0.6) is 5.75 Å². The van der Waals surface area contributed by atoms with Gasteiger partial charge in [0, 0.05) is 30.8 Å². The van der Waals surface area contributed by atoms with Crippen LogP contribution in [0.25, 0.3) is 0 Å². The van der Waals surface area contributed by atoms with Gasteiger partial charge in [0.2, 0.25) is 0 Å². The first kappa shape index (κ1) is 22.6. The molecule has 33 heavy (non-hydrogen) atoms. The molecule has 3 aromatic rings. The van der Waals surface area contributed by atoms with Crippen LogP contribution in [-0.4, -0.2) is 37.0 Å². The molecule has 1 atom stereocenters. The van der Waals surface area contributed by atoms with Gasteiger partial charge >= 0.3 is 0 Å². The lowest BCUT2D eigenvalue weighted by molar-refractivity contribution is 0.0947. The summed E-state index contributed by atoms with van der Waals surface area (Å²) in [5.41, 5.74) is 3.38. The van der Waals surface area contributed by atoms with E-state index < -0.39 is 0 Å². The van der Waals surface area contributed by atoms with E-state index in [1.807, 2.05) is 36.4 Å². The molecule has 1 aliphatic rings. The zero-order valence-corrected chi connectivity index (χ0v) is 18.7. The number of likely N-dealkylation sites (tertiary alicyclic amines) is 1. The predicted octanol–water partition coefficient (Wildman–Crippen LogP) is 4.43. The number of rotatable bonds is 9. The fraction of sp³-hybridized carbons (Fsp3) is 0.286. The molecule has 1 heterocycles. The number of nitrogens with one attached hydrogen (secondary N) is 1. The first-order valence-electron chi connectivity index (χ1n) is 11.5. The lowest BCUT2D eigenvalue weighted by Gasteiger charge is -2.16. The molecule has 1 fully saturated rings. The zero-order valence-electron chi connectivity index (χ0n) is 18.7. The number of carbonyl (C=O) groups excluding carboxylic acids is 1. The van der Waals surface area contributed by atoms with Crippen LogP contribution >= 0.6 is 0 Å². The number of nitrogens with zero attached hydrogens (tertiary/aromatic N) is 2. The summed E-state index contributed by atoms with van der Waals surface area (Å²) in [5, 5.41) is 12.3. The summed E-state index contributed by atoms with van der Waals surface area (Å²) in [7, 11) is 0. The summed E-state index contributed by atoms with van der Waals surface area (Å²) < 4.78 is 5.84. The van der Waals surface area contributed by atoms with Gasteiger partial charge in [0.25, 0.3) is 5.91 Å². The Morgan fingerprint density at radius 1 is 1.06 bits per heavy atom. The van der Waals surface area contributed by atoms with Gasteiger partial charge in [-0.25, -0.2) is 0 Å². The first-order valence-corrected chi connectivity index (χ1v) is 11.5. The standard InChI is InChI=1S/C28H29N3O2/c29-18-25-9-4-5-10-26(25)21-33-27-12-6-11-24(17-27)28(32)30-19-23-14-16-31(20-23)15-13-22-7-2-1-3-8-22/h1-12,17,23H,13-16,19-21H2,(H,30,32). The Balaban J connectivity index is 1.23. The molecule has 0 aromatic heterocycles. The summed E-state index contributed by atoms with van der Waals surface area (Å²) in [6.45, 7) is 4.13. The van der Waals surface area contributed by atoms with Crippen LogP contribution in [0.15, 0.2) is 78.9 Å². The van der Waals surface area contributed by atoms with Gasteiger partial charge in [-0.15, -0.1) is 0 Å². The quantitative estimate of drug-likeness (QED) is 0.536. The van der Waals surface area contributed by atoms with Gasteiger partial charge in [0.15, 0.2) is 0 Å². The van der Waals surface area contributed by atoms with Crippen molar-refractivity contribution in [2.75, 3.05) is 26.2 Å². The van der Waals surface area contributed by atoms with Crippen LogP contribution in [-0.2, 0) is 13.0 Å². The van der Waals surface area contributed by atoms with Crippen molar-refractivity contribution >= 4 is 5.91 Å². The van der Waals surface area contributed by atoms with Crippen LogP contribution < -0.4 is 10.1 Å². The van der Waals surface area contributed by atoms with E-state index in [1.165, 1.54) is 5.56 Å². The monoisotopic (exact) mass is 439 g/mol. The molecule has 4 rings (SSSR count). The number of amides is 1. The molecular formula is C28H29N3O2. The lowest BCUT2D eigenvalue weighted by atomic mass is 10.1. The molecule has 5 nitrogen and oxygen atoms in total. The number of carbonyl (C=O) groups is 1. The SMILES string of the molecule is N#Cc1ccccc1COc1cccc(C(=O)NCC2CCN(CCc3ccccc3)C2)c1. The molecule has 5 heteroatoms. The van der Waals surface area contributed by atoms with Crippen LogP contribution in [0.4, 0.5) is 0 Å². The highest BCUT2D eigenvalue weighted by Crippen LogP contribution is 2.18. The molecule has 168 valence electrons. The smallest absolute Gasteiger partial charge is 0.251 e. The highest BCUT2D eigenvalue weighted by molar-refractivity contribution is 5.94. The summed E-state index contributed by atoms with van der Waals surface area (Å²) in [5.74, 6) is 1.01. The molecule has 0 spiro atoms. The first-order chi connectivity index (χ1) is 16.2. The molecule has 0 radical (unpaired) electrons. The minimum Gasteiger partial charge on any atom is -0.489 e. The fourth-order valence-corrected chi connectivity index (χ4v) is 4.20. The molecule has 1 unspecified atom stereocenters. The molecule has 0 aliphatic carbocycles. The molecule has 1 saturated heterocycles. The van der Waals surface area contributed by atoms with Gasteiger partial charge in [0.05, 0.1) is 11.6 Å². The minimum atomic E-state index is -0.0828. The Labute approximate surface area is 195 Å². The van der Waals surface area contributed by atoms with Gasteiger partial charge < -0.3 is 15.0 Å². The average Bonchev–Trinajstić information content (AvgIpc) is 3.33. The summed E-state index contributed by atoms with van der Waals surface area (Å²) in [6, 6.07) is 27.3. The highest BCUT2D eigenvalue weighted by Gasteiger charge is 2.22. The molecule has 3 aromatic carbocycles. The molecule has 0 saturated carbocycles. The fourth-order valence-electron chi connectivity index (χ4n) is 4.20. The van der Waals surface area contributed by atoms with E-state index in [1.54, 1.807) is 18.2 Å².